The summed E-state index contributed by atoms with van der Waals surface area (Å²) < 4.78 is 0. The standard InChI is InChI=1S/C15H15Cl2N3O/c16-11-6-7-12(17)14(8-11)20-15(21)19-9-13(18)10-4-2-1-3-5-10/h1-8,13H,9,18H2,(H2,19,20,21). The van der Waals surface area contributed by atoms with Crippen molar-refractivity contribution in [2.75, 3.05) is 11.9 Å². The lowest BCUT2D eigenvalue weighted by molar-refractivity contribution is 0.251. The molecule has 0 aliphatic carbocycles. The Morgan fingerprint density at radius 1 is 1.14 bits per heavy atom. The Kier molecular flexibility index (Phi) is 5.44. The van der Waals surface area contributed by atoms with E-state index in [9.17, 15) is 4.79 Å². The van der Waals surface area contributed by atoms with Gasteiger partial charge in [0.05, 0.1) is 10.7 Å². The van der Waals surface area contributed by atoms with Crippen molar-refractivity contribution in [1.29, 1.82) is 0 Å². The van der Waals surface area contributed by atoms with Gasteiger partial charge in [-0.1, -0.05) is 53.5 Å². The molecule has 4 nitrogen and oxygen atoms in total. The highest BCUT2D eigenvalue weighted by Crippen LogP contribution is 2.25. The van der Waals surface area contributed by atoms with Gasteiger partial charge in [0.1, 0.15) is 0 Å². The second-order valence-electron chi connectivity index (χ2n) is 4.48. The molecule has 1 unspecified atom stereocenters. The van der Waals surface area contributed by atoms with Crippen LogP contribution in [0.15, 0.2) is 48.5 Å². The van der Waals surface area contributed by atoms with E-state index in [1.54, 1.807) is 18.2 Å². The van der Waals surface area contributed by atoms with Gasteiger partial charge in [-0.15, -0.1) is 0 Å². The number of nitrogens with one attached hydrogen (secondary N) is 2. The van der Waals surface area contributed by atoms with E-state index in [2.05, 4.69) is 10.6 Å². The van der Waals surface area contributed by atoms with Crippen LogP contribution in [0.3, 0.4) is 0 Å². The number of hydrogen-bond donors (Lipinski definition) is 3. The molecule has 0 heterocycles. The van der Waals surface area contributed by atoms with Crippen molar-refractivity contribution >= 4 is 34.9 Å². The number of anilines is 1. The quantitative estimate of drug-likeness (QED) is 0.800. The summed E-state index contributed by atoms with van der Waals surface area (Å²) in [6.07, 6.45) is 0. The predicted octanol–water partition coefficient (Wildman–Crippen LogP) is 3.81. The zero-order chi connectivity index (χ0) is 15.2. The lowest BCUT2D eigenvalue weighted by Gasteiger charge is -2.14. The highest BCUT2D eigenvalue weighted by atomic mass is 35.5. The van der Waals surface area contributed by atoms with Crippen LogP contribution >= 0.6 is 23.2 Å². The van der Waals surface area contributed by atoms with Crippen LogP contribution in [-0.2, 0) is 0 Å². The third-order valence-corrected chi connectivity index (χ3v) is 3.45. The largest absolute Gasteiger partial charge is 0.336 e. The first-order valence-corrected chi connectivity index (χ1v) is 7.12. The van der Waals surface area contributed by atoms with Gasteiger partial charge in [0.2, 0.25) is 0 Å². The molecular weight excluding hydrogens is 309 g/mol. The molecule has 110 valence electrons. The summed E-state index contributed by atoms with van der Waals surface area (Å²) in [6, 6.07) is 13.8. The Bertz CT molecular complexity index is 620. The molecule has 2 rings (SSSR count). The lowest BCUT2D eigenvalue weighted by atomic mass is 10.1. The smallest absolute Gasteiger partial charge is 0.319 e. The molecule has 1 atom stereocenters. The number of benzene rings is 2. The molecule has 0 bridgehead atoms. The average Bonchev–Trinajstić information content (AvgIpc) is 2.49. The van der Waals surface area contributed by atoms with Crippen LogP contribution < -0.4 is 16.4 Å². The zero-order valence-corrected chi connectivity index (χ0v) is 12.7. The SMILES string of the molecule is NC(CNC(=O)Nc1cc(Cl)ccc1Cl)c1ccccc1. The van der Waals surface area contributed by atoms with Crippen molar-refractivity contribution in [3.8, 4) is 0 Å². The Hall–Kier alpha value is -1.75. The van der Waals surface area contributed by atoms with Crippen molar-refractivity contribution in [3.63, 3.8) is 0 Å². The number of carbonyl (C=O) groups excluding carboxylic acids is 1. The van der Waals surface area contributed by atoms with E-state index >= 15 is 0 Å². The van der Waals surface area contributed by atoms with E-state index in [0.717, 1.165) is 5.56 Å². The zero-order valence-electron chi connectivity index (χ0n) is 11.1. The fraction of sp³-hybridized carbons (Fsp3) is 0.133. The molecule has 0 aromatic heterocycles. The molecule has 4 N–H and O–H groups in total. The highest BCUT2D eigenvalue weighted by molar-refractivity contribution is 6.35. The van der Waals surface area contributed by atoms with E-state index < -0.39 is 0 Å². The summed E-state index contributed by atoms with van der Waals surface area (Å²) >= 11 is 11.8. The molecule has 0 aliphatic rings. The van der Waals surface area contributed by atoms with Gasteiger partial charge in [-0.3, -0.25) is 0 Å². The summed E-state index contributed by atoms with van der Waals surface area (Å²) in [7, 11) is 0. The van der Waals surface area contributed by atoms with Crippen LogP contribution in [0.5, 0.6) is 0 Å². The maximum atomic E-state index is 11.8. The fourth-order valence-electron chi connectivity index (χ4n) is 1.78. The Morgan fingerprint density at radius 2 is 1.86 bits per heavy atom. The van der Waals surface area contributed by atoms with E-state index in [-0.39, 0.29) is 12.1 Å². The Balaban J connectivity index is 1.89. The number of amides is 2. The van der Waals surface area contributed by atoms with Crippen LogP contribution in [0.4, 0.5) is 10.5 Å². The molecule has 2 aromatic carbocycles. The van der Waals surface area contributed by atoms with Crippen LogP contribution in [0.2, 0.25) is 10.0 Å². The third kappa shape index (κ3) is 4.63. The van der Waals surface area contributed by atoms with Crippen molar-refractivity contribution in [2.45, 2.75) is 6.04 Å². The molecule has 0 radical (unpaired) electrons. The first-order chi connectivity index (χ1) is 10.1. The van der Waals surface area contributed by atoms with Crippen LogP contribution in [0.1, 0.15) is 11.6 Å². The first-order valence-electron chi connectivity index (χ1n) is 6.36. The lowest BCUT2D eigenvalue weighted by Crippen LogP contribution is -2.35. The first kappa shape index (κ1) is 15.6. The Labute approximate surface area is 133 Å². The van der Waals surface area contributed by atoms with Crippen LogP contribution in [0.25, 0.3) is 0 Å². The van der Waals surface area contributed by atoms with Gasteiger partial charge in [-0.05, 0) is 23.8 Å². The van der Waals surface area contributed by atoms with Crippen LogP contribution in [-0.4, -0.2) is 12.6 Å². The van der Waals surface area contributed by atoms with E-state index in [4.69, 9.17) is 28.9 Å². The highest BCUT2D eigenvalue weighted by Gasteiger charge is 2.09. The maximum absolute atomic E-state index is 11.8. The number of nitrogens with two attached hydrogens (primary N) is 1. The topological polar surface area (TPSA) is 67.1 Å². The fourth-order valence-corrected chi connectivity index (χ4v) is 2.12. The van der Waals surface area contributed by atoms with Gasteiger partial charge in [0, 0.05) is 17.6 Å². The van der Waals surface area contributed by atoms with E-state index in [0.29, 0.717) is 22.3 Å². The van der Waals surface area contributed by atoms with E-state index in [1.807, 2.05) is 30.3 Å². The molecule has 0 spiro atoms. The second-order valence-corrected chi connectivity index (χ2v) is 5.32. The summed E-state index contributed by atoms with van der Waals surface area (Å²) in [6.45, 7) is 0.314. The second kappa shape index (κ2) is 7.31. The van der Waals surface area contributed by atoms with Gasteiger partial charge in [-0.25, -0.2) is 4.79 Å². The van der Waals surface area contributed by atoms with Gasteiger partial charge < -0.3 is 16.4 Å². The summed E-state index contributed by atoms with van der Waals surface area (Å²) in [4.78, 5) is 11.8. The van der Waals surface area contributed by atoms with Crippen molar-refractivity contribution < 1.29 is 4.79 Å². The predicted molar refractivity (Wildman–Crippen MR) is 86.9 cm³/mol. The third-order valence-electron chi connectivity index (χ3n) is 2.89. The summed E-state index contributed by atoms with van der Waals surface area (Å²) in [5.74, 6) is 0. The summed E-state index contributed by atoms with van der Waals surface area (Å²) in [5.41, 5.74) is 7.41. The van der Waals surface area contributed by atoms with Gasteiger partial charge in [0.15, 0.2) is 0 Å². The number of hydrogen-bond acceptors (Lipinski definition) is 2. The number of halogens is 2. The van der Waals surface area contributed by atoms with Crippen molar-refractivity contribution in [3.05, 3.63) is 64.1 Å². The molecule has 0 aliphatic heterocycles. The maximum Gasteiger partial charge on any atom is 0.319 e. The average molecular weight is 324 g/mol. The molecule has 2 amide bonds. The van der Waals surface area contributed by atoms with Gasteiger partial charge >= 0.3 is 6.03 Å². The molecular formula is C15H15Cl2N3O. The van der Waals surface area contributed by atoms with E-state index in [1.165, 1.54) is 0 Å². The minimum absolute atomic E-state index is 0.271. The minimum atomic E-state index is -0.384. The number of urea groups is 1. The Morgan fingerprint density at radius 3 is 2.57 bits per heavy atom. The molecule has 2 aromatic rings. The number of carbonyl (C=O) groups is 1. The monoisotopic (exact) mass is 323 g/mol. The normalized spacial score (nSPS) is 11.8. The van der Waals surface area contributed by atoms with Gasteiger partial charge in [0.25, 0.3) is 0 Å². The van der Waals surface area contributed by atoms with Crippen molar-refractivity contribution in [1.82, 2.24) is 5.32 Å². The summed E-state index contributed by atoms with van der Waals surface area (Å²) in [5, 5.41) is 6.25. The molecule has 0 saturated carbocycles. The molecule has 0 fully saturated rings. The molecule has 21 heavy (non-hydrogen) atoms. The molecule has 6 heteroatoms. The minimum Gasteiger partial charge on any atom is -0.336 e. The van der Waals surface area contributed by atoms with Crippen molar-refractivity contribution in [2.24, 2.45) is 5.73 Å². The van der Waals surface area contributed by atoms with Crippen LogP contribution in [0, 0.1) is 0 Å². The number of rotatable bonds is 4. The molecule has 0 saturated heterocycles. The van der Waals surface area contributed by atoms with Gasteiger partial charge in [-0.2, -0.15) is 0 Å².